The molecule has 3 N–H and O–H groups in total. The van der Waals surface area contributed by atoms with Crippen molar-refractivity contribution in [1.82, 2.24) is 5.32 Å². The molecule has 4 aromatic rings. The smallest absolute Gasteiger partial charge is 0.272 e. The number of carbonyl (C=O) groups is 3. The van der Waals surface area contributed by atoms with Crippen molar-refractivity contribution in [3.63, 3.8) is 0 Å². The van der Waals surface area contributed by atoms with Crippen molar-refractivity contribution in [2.24, 2.45) is 0 Å². The Morgan fingerprint density at radius 2 is 1.55 bits per heavy atom. The molecule has 0 saturated carbocycles. The number of hydrogen-bond acceptors (Lipinski definition) is 6. The van der Waals surface area contributed by atoms with E-state index in [-0.39, 0.29) is 28.1 Å². The molecule has 3 amide bonds. The number of nitrogens with zero attached hydrogens (tertiary/aromatic N) is 1. The van der Waals surface area contributed by atoms with Crippen LogP contribution in [0.1, 0.15) is 15.9 Å². The fraction of sp³-hybridized carbons (Fsp3) is 0.0333. The standard InChI is InChI=1S/C30H22Cl2N4O5S/c31-25-11-4-8-20(28(25)32)16-26(35-29(38)19-6-2-1-3-7-19)30(39)34-22-9-5-10-24(17-22)42-18-27(37)33-21-12-14-23(15-13-21)36(40)41/h1-17H,18H2,(H,33,37)(H,34,39)(H,35,38)/b26-16+. The average Bonchev–Trinajstić information content (AvgIpc) is 2.99. The number of hydrogen-bond donors (Lipinski definition) is 3. The van der Waals surface area contributed by atoms with E-state index in [4.69, 9.17) is 23.2 Å². The molecule has 0 bridgehead atoms. The highest BCUT2D eigenvalue weighted by atomic mass is 35.5. The first-order chi connectivity index (χ1) is 20.2. The number of nitro benzene ring substituents is 1. The number of benzene rings is 4. The molecule has 0 aromatic heterocycles. The summed E-state index contributed by atoms with van der Waals surface area (Å²) in [5.41, 5.74) is 1.52. The molecule has 0 radical (unpaired) electrons. The zero-order valence-electron chi connectivity index (χ0n) is 21.7. The minimum absolute atomic E-state index is 0.0555. The van der Waals surface area contributed by atoms with Gasteiger partial charge in [-0.15, -0.1) is 11.8 Å². The number of non-ortho nitro benzene ring substituents is 1. The van der Waals surface area contributed by atoms with Gasteiger partial charge in [0.2, 0.25) is 5.91 Å². The summed E-state index contributed by atoms with van der Waals surface area (Å²) in [4.78, 5) is 49.6. The minimum Gasteiger partial charge on any atom is -0.325 e. The van der Waals surface area contributed by atoms with Crippen molar-refractivity contribution >= 4 is 75.8 Å². The van der Waals surface area contributed by atoms with E-state index in [9.17, 15) is 24.5 Å². The molecule has 0 aliphatic rings. The zero-order chi connectivity index (χ0) is 30.1. The molecule has 42 heavy (non-hydrogen) atoms. The topological polar surface area (TPSA) is 130 Å². The molecule has 0 aliphatic heterocycles. The van der Waals surface area contributed by atoms with Crippen LogP contribution in [0.25, 0.3) is 6.08 Å². The van der Waals surface area contributed by atoms with E-state index < -0.39 is 16.7 Å². The third kappa shape index (κ3) is 8.43. The van der Waals surface area contributed by atoms with Crippen LogP contribution in [0, 0.1) is 10.1 Å². The van der Waals surface area contributed by atoms with E-state index in [0.717, 1.165) is 0 Å². The van der Waals surface area contributed by atoms with Crippen LogP contribution >= 0.6 is 35.0 Å². The van der Waals surface area contributed by atoms with Gasteiger partial charge in [0.15, 0.2) is 0 Å². The maximum Gasteiger partial charge on any atom is 0.272 e. The molecular formula is C30H22Cl2N4O5S. The van der Waals surface area contributed by atoms with Gasteiger partial charge in [-0.05, 0) is 60.2 Å². The van der Waals surface area contributed by atoms with Crippen molar-refractivity contribution in [3.8, 4) is 0 Å². The summed E-state index contributed by atoms with van der Waals surface area (Å²) in [5.74, 6) is -1.35. The molecule has 4 rings (SSSR count). The van der Waals surface area contributed by atoms with Crippen LogP contribution in [0.5, 0.6) is 0 Å². The Bertz CT molecular complexity index is 1660. The predicted molar refractivity (Wildman–Crippen MR) is 166 cm³/mol. The van der Waals surface area contributed by atoms with Crippen molar-refractivity contribution in [1.29, 1.82) is 0 Å². The second-order valence-corrected chi connectivity index (χ2v) is 10.5. The number of amides is 3. The van der Waals surface area contributed by atoms with Crippen LogP contribution in [-0.2, 0) is 9.59 Å². The summed E-state index contributed by atoms with van der Waals surface area (Å²) < 4.78 is 0. The fourth-order valence-corrected chi connectivity index (χ4v) is 4.72. The third-order valence-electron chi connectivity index (χ3n) is 5.63. The SMILES string of the molecule is O=C(CSc1cccc(NC(=O)/C(=C\c2cccc(Cl)c2Cl)NC(=O)c2ccccc2)c1)Nc1ccc([N+](=O)[O-])cc1. The maximum absolute atomic E-state index is 13.3. The predicted octanol–water partition coefficient (Wildman–Crippen LogP) is 7.04. The number of carbonyl (C=O) groups excluding carboxylic acids is 3. The normalized spacial score (nSPS) is 11.0. The van der Waals surface area contributed by atoms with Crippen LogP contribution < -0.4 is 16.0 Å². The maximum atomic E-state index is 13.3. The molecule has 0 aliphatic carbocycles. The first kappa shape index (κ1) is 30.3. The Hall–Kier alpha value is -4.64. The molecule has 9 nitrogen and oxygen atoms in total. The summed E-state index contributed by atoms with van der Waals surface area (Å²) in [5, 5.41) is 19.4. The van der Waals surface area contributed by atoms with Crippen LogP contribution in [0.15, 0.2) is 108 Å². The average molecular weight is 622 g/mol. The van der Waals surface area contributed by atoms with E-state index in [1.807, 2.05) is 0 Å². The second-order valence-electron chi connectivity index (χ2n) is 8.64. The van der Waals surface area contributed by atoms with Gasteiger partial charge in [0.25, 0.3) is 17.5 Å². The summed E-state index contributed by atoms with van der Waals surface area (Å²) in [6.07, 6.45) is 1.44. The Morgan fingerprint density at radius 1 is 0.833 bits per heavy atom. The summed E-state index contributed by atoms with van der Waals surface area (Å²) in [6, 6.07) is 25.7. The molecule has 4 aromatic carbocycles. The Morgan fingerprint density at radius 3 is 2.26 bits per heavy atom. The van der Waals surface area contributed by atoms with E-state index in [1.165, 1.54) is 42.1 Å². The number of anilines is 2. The van der Waals surface area contributed by atoms with E-state index in [2.05, 4.69) is 16.0 Å². The largest absolute Gasteiger partial charge is 0.325 e. The first-order valence-electron chi connectivity index (χ1n) is 12.3. The lowest BCUT2D eigenvalue weighted by atomic mass is 10.1. The molecule has 12 heteroatoms. The highest BCUT2D eigenvalue weighted by Gasteiger charge is 2.17. The molecule has 0 fully saturated rings. The number of halogens is 2. The highest BCUT2D eigenvalue weighted by molar-refractivity contribution is 8.00. The lowest BCUT2D eigenvalue weighted by Crippen LogP contribution is -2.30. The third-order valence-corrected chi connectivity index (χ3v) is 7.46. The molecule has 0 atom stereocenters. The number of nitro groups is 1. The van der Waals surface area contributed by atoms with Crippen molar-refractivity contribution in [2.45, 2.75) is 4.90 Å². The van der Waals surface area contributed by atoms with Gasteiger partial charge in [0.1, 0.15) is 5.70 Å². The van der Waals surface area contributed by atoms with Gasteiger partial charge in [-0.25, -0.2) is 0 Å². The first-order valence-corrected chi connectivity index (χ1v) is 14.0. The van der Waals surface area contributed by atoms with Crippen LogP contribution in [0.4, 0.5) is 17.1 Å². The van der Waals surface area contributed by atoms with E-state index in [0.29, 0.717) is 32.4 Å². The van der Waals surface area contributed by atoms with Gasteiger partial charge in [0.05, 0.1) is 20.7 Å². The van der Waals surface area contributed by atoms with Gasteiger partial charge < -0.3 is 16.0 Å². The fourth-order valence-electron chi connectivity index (χ4n) is 3.60. The minimum atomic E-state index is -0.603. The van der Waals surface area contributed by atoms with E-state index in [1.54, 1.807) is 72.8 Å². The highest BCUT2D eigenvalue weighted by Crippen LogP contribution is 2.28. The van der Waals surface area contributed by atoms with Crippen molar-refractivity contribution < 1.29 is 19.3 Å². The quantitative estimate of drug-likeness (QED) is 0.0754. The van der Waals surface area contributed by atoms with Gasteiger partial charge in [0, 0.05) is 34.0 Å². The molecule has 0 unspecified atom stereocenters. The van der Waals surface area contributed by atoms with Gasteiger partial charge in [-0.3, -0.25) is 24.5 Å². The Balaban J connectivity index is 1.45. The molecular weight excluding hydrogens is 599 g/mol. The summed E-state index contributed by atoms with van der Waals surface area (Å²) >= 11 is 13.7. The second kappa shape index (κ2) is 14.3. The zero-order valence-corrected chi connectivity index (χ0v) is 24.0. The molecule has 212 valence electrons. The van der Waals surface area contributed by atoms with E-state index >= 15 is 0 Å². The number of nitrogens with one attached hydrogen (secondary N) is 3. The van der Waals surface area contributed by atoms with Gasteiger partial charge in [-0.1, -0.05) is 59.6 Å². The van der Waals surface area contributed by atoms with Crippen LogP contribution in [-0.4, -0.2) is 28.4 Å². The Kier molecular flexibility index (Phi) is 10.3. The Labute approximate surface area is 255 Å². The number of thioether (sulfide) groups is 1. The lowest BCUT2D eigenvalue weighted by Gasteiger charge is -2.13. The monoisotopic (exact) mass is 620 g/mol. The molecule has 0 heterocycles. The van der Waals surface area contributed by atoms with Gasteiger partial charge in [-0.2, -0.15) is 0 Å². The van der Waals surface area contributed by atoms with Gasteiger partial charge >= 0.3 is 0 Å². The van der Waals surface area contributed by atoms with Crippen LogP contribution in [0.2, 0.25) is 10.0 Å². The number of rotatable bonds is 10. The summed E-state index contributed by atoms with van der Waals surface area (Å²) in [6.45, 7) is 0. The van der Waals surface area contributed by atoms with Crippen molar-refractivity contribution in [2.75, 3.05) is 16.4 Å². The summed E-state index contributed by atoms with van der Waals surface area (Å²) in [7, 11) is 0. The lowest BCUT2D eigenvalue weighted by molar-refractivity contribution is -0.384. The molecule has 0 saturated heterocycles. The van der Waals surface area contributed by atoms with Crippen LogP contribution in [0.3, 0.4) is 0 Å². The molecule has 0 spiro atoms. The van der Waals surface area contributed by atoms with Crippen molar-refractivity contribution in [3.05, 3.63) is 134 Å².